The molecule has 0 radical (unpaired) electrons. The lowest BCUT2D eigenvalue weighted by Crippen LogP contribution is -2.36. The topological polar surface area (TPSA) is 34.1 Å². The molecule has 0 atom stereocenters. The number of aromatic nitrogens is 1. The second-order valence-corrected chi connectivity index (χ2v) is 4.92. The largest absolute Gasteiger partial charge is 0.492 e. The van der Waals surface area contributed by atoms with Gasteiger partial charge in [0.1, 0.15) is 5.75 Å². The molecule has 0 amide bonds. The van der Waals surface area contributed by atoms with Crippen LogP contribution in [0.4, 0.5) is 0 Å². The van der Waals surface area contributed by atoms with E-state index in [4.69, 9.17) is 4.74 Å². The number of rotatable bonds is 6. The van der Waals surface area contributed by atoms with Crippen molar-refractivity contribution in [3.8, 4) is 5.75 Å². The molecule has 16 heavy (non-hydrogen) atoms. The second-order valence-electron chi connectivity index (χ2n) is 4.92. The molecule has 0 fully saturated rings. The van der Waals surface area contributed by atoms with Crippen LogP contribution in [0.2, 0.25) is 0 Å². The van der Waals surface area contributed by atoms with Crippen LogP contribution in [0.1, 0.15) is 33.6 Å². The lowest BCUT2D eigenvalue weighted by molar-refractivity contribution is 0.300. The molecule has 0 unspecified atom stereocenters. The van der Waals surface area contributed by atoms with E-state index in [2.05, 4.69) is 31.1 Å². The van der Waals surface area contributed by atoms with Gasteiger partial charge in [-0.25, -0.2) is 0 Å². The number of unbranched alkanes of at least 4 members (excludes halogenated alkanes) is 1. The van der Waals surface area contributed by atoms with Crippen molar-refractivity contribution in [1.82, 2.24) is 10.3 Å². The van der Waals surface area contributed by atoms with Crippen LogP contribution in [-0.2, 0) is 0 Å². The SMILES string of the molecule is CC(C)(C)NCCCCOc1cccnc1. The Balaban J connectivity index is 2.01. The van der Waals surface area contributed by atoms with E-state index in [-0.39, 0.29) is 5.54 Å². The molecule has 0 saturated heterocycles. The summed E-state index contributed by atoms with van der Waals surface area (Å²) in [4.78, 5) is 3.99. The van der Waals surface area contributed by atoms with E-state index in [9.17, 15) is 0 Å². The molecule has 1 heterocycles. The fourth-order valence-corrected chi connectivity index (χ4v) is 1.31. The first-order chi connectivity index (χ1) is 7.58. The highest BCUT2D eigenvalue weighted by Crippen LogP contribution is 2.06. The van der Waals surface area contributed by atoms with E-state index in [1.807, 2.05) is 12.1 Å². The molecule has 0 aliphatic carbocycles. The van der Waals surface area contributed by atoms with Gasteiger partial charge in [0.15, 0.2) is 0 Å². The maximum Gasteiger partial charge on any atom is 0.137 e. The molecule has 0 aromatic carbocycles. The molecule has 0 bridgehead atoms. The Morgan fingerprint density at radius 1 is 1.31 bits per heavy atom. The monoisotopic (exact) mass is 222 g/mol. The average molecular weight is 222 g/mol. The van der Waals surface area contributed by atoms with Crippen molar-refractivity contribution in [2.24, 2.45) is 0 Å². The summed E-state index contributed by atoms with van der Waals surface area (Å²) in [6.45, 7) is 8.34. The van der Waals surface area contributed by atoms with Gasteiger partial charge in [-0.05, 0) is 52.3 Å². The highest BCUT2D eigenvalue weighted by atomic mass is 16.5. The number of nitrogens with zero attached hydrogens (tertiary/aromatic N) is 1. The van der Waals surface area contributed by atoms with Crippen molar-refractivity contribution in [2.75, 3.05) is 13.2 Å². The first-order valence-electron chi connectivity index (χ1n) is 5.86. The molecule has 0 aliphatic heterocycles. The molecule has 0 saturated carbocycles. The lowest BCUT2D eigenvalue weighted by atomic mass is 10.1. The van der Waals surface area contributed by atoms with Crippen molar-refractivity contribution >= 4 is 0 Å². The molecule has 1 N–H and O–H groups in total. The predicted octanol–water partition coefficient (Wildman–Crippen LogP) is 2.63. The van der Waals surface area contributed by atoms with Gasteiger partial charge in [-0.2, -0.15) is 0 Å². The molecule has 1 aromatic heterocycles. The summed E-state index contributed by atoms with van der Waals surface area (Å²) in [5, 5.41) is 3.45. The van der Waals surface area contributed by atoms with Gasteiger partial charge >= 0.3 is 0 Å². The van der Waals surface area contributed by atoms with Gasteiger partial charge in [0.05, 0.1) is 12.8 Å². The van der Waals surface area contributed by atoms with Crippen molar-refractivity contribution in [2.45, 2.75) is 39.2 Å². The zero-order valence-electron chi connectivity index (χ0n) is 10.5. The fraction of sp³-hybridized carbons (Fsp3) is 0.615. The Morgan fingerprint density at radius 2 is 2.12 bits per heavy atom. The van der Waals surface area contributed by atoms with Crippen LogP contribution in [-0.4, -0.2) is 23.7 Å². The van der Waals surface area contributed by atoms with Gasteiger partial charge in [0.2, 0.25) is 0 Å². The van der Waals surface area contributed by atoms with E-state index in [1.54, 1.807) is 12.4 Å². The third-order valence-corrected chi connectivity index (χ3v) is 2.13. The normalized spacial score (nSPS) is 11.4. The number of hydrogen-bond acceptors (Lipinski definition) is 3. The van der Waals surface area contributed by atoms with Crippen molar-refractivity contribution in [1.29, 1.82) is 0 Å². The van der Waals surface area contributed by atoms with E-state index < -0.39 is 0 Å². The lowest BCUT2D eigenvalue weighted by Gasteiger charge is -2.20. The summed E-state index contributed by atoms with van der Waals surface area (Å²) >= 11 is 0. The van der Waals surface area contributed by atoms with Crippen LogP contribution in [0.15, 0.2) is 24.5 Å². The molecule has 3 heteroatoms. The number of nitrogens with one attached hydrogen (secondary N) is 1. The standard InChI is InChI=1S/C13H22N2O/c1-13(2,3)15-9-4-5-10-16-12-7-6-8-14-11-12/h6-8,11,15H,4-5,9-10H2,1-3H3. The van der Waals surface area contributed by atoms with Gasteiger partial charge in [0.25, 0.3) is 0 Å². The summed E-state index contributed by atoms with van der Waals surface area (Å²) in [7, 11) is 0. The number of ether oxygens (including phenoxy) is 1. The van der Waals surface area contributed by atoms with Gasteiger partial charge in [-0.3, -0.25) is 4.98 Å². The fourth-order valence-electron chi connectivity index (χ4n) is 1.31. The van der Waals surface area contributed by atoms with Crippen molar-refractivity contribution in [3.63, 3.8) is 0 Å². The van der Waals surface area contributed by atoms with E-state index in [1.165, 1.54) is 0 Å². The van der Waals surface area contributed by atoms with Crippen LogP contribution in [0.25, 0.3) is 0 Å². The minimum absolute atomic E-state index is 0.213. The first kappa shape index (κ1) is 13.0. The third kappa shape index (κ3) is 6.40. The smallest absolute Gasteiger partial charge is 0.137 e. The van der Waals surface area contributed by atoms with Crippen LogP contribution in [0, 0.1) is 0 Å². The minimum Gasteiger partial charge on any atom is -0.492 e. The molecular formula is C13H22N2O. The number of pyridine rings is 1. The zero-order chi connectivity index (χ0) is 11.9. The molecular weight excluding hydrogens is 200 g/mol. The van der Waals surface area contributed by atoms with Crippen molar-refractivity contribution in [3.05, 3.63) is 24.5 Å². The Hall–Kier alpha value is -1.09. The molecule has 0 aliphatic rings. The Kier molecular flexibility index (Phi) is 5.26. The molecule has 3 nitrogen and oxygen atoms in total. The van der Waals surface area contributed by atoms with Crippen LogP contribution in [0.3, 0.4) is 0 Å². The Labute approximate surface area is 98.2 Å². The summed E-state index contributed by atoms with van der Waals surface area (Å²) in [5.41, 5.74) is 0.213. The maximum atomic E-state index is 5.55. The van der Waals surface area contributed by atoms with E-state index >= 15 is 0 Å². The summed E-state index contributed by atoms with van der Waals surface area (Å²) in [5.74, 6) is 0.853. The second kappa shape index (κ2) is 6.48. The summed E-state index contributed by atoms with van der Waals surface area (Å²) in [6, 6.07) is 3.82. The average Bonchev–Trinajstić information content (AvgIpc) is 2.23. The van der Waals surface area contributed by atoms with Gasteiger partial charge in [0, 0.05) is 11.7 Å². The van der Waals surface area contributed by atoms with Gasteiger partial charge in [-0.1, -0.05) is 0 Å². The summed E-state index contributed by atoms with van der Waals surface area (Å²) < 4.78 is 5.55. The maximum absolute atomic E-state index is 5.55. The highest BCUT2D eigenvalue weighted by molar-refractivity contribution is 5.15. The van der Waals surface area contributed by atoms with E-state index in [0.717, 1.165) is 31.7 Å². The third-order valence-electron chi connectivity index (χ3n) is 2.13. The molecule has 1 rings (SSSR count). The van der Waals surface area contributed by atoms with Gasteiger partial charge in [-0.15, -0.1) is 0 Å². The van der Waals surface area contributed by atoms with Crippen molar-refractivity contribution < 1.29 is 4.74 Å². The minimum atomic E-state index is 0.213. The number of hydrogen-bond donors (Lipinski definition) is 1. The molecule has 90 valence electrons. The van der Waals surface area contributed by atoms with E-state index in [0.29, 0.717) is 0 Å². The highest BCUT2D eigenvalue weighted by Gasteiger charge is 2.06. The Bertz CT molecular complexity index is 280. The Morgan fingerprint density at radius 3 is 2.75 bits per heavy atom. The first-order valence-corrected chi connectivity index (χ1v) is 5.86. The quantitative estimate of drug-likeness (QED) is 0.751. The predicted molar refractivity (Wildman–Crippen MR) is 66.7 cm³/mol. The summed E-state index contributed by atoms with van der Waals surface area (Å²) in [6.07, 6.45) is 5.70. The zero-order valence-corrected chi connectivity index (χ0v) is 10.5. The van der Waals surface area contributed by atoms with Gasteiger partial charge < -0.3 is 10.1 Å². The van der Waals surface area contributed by atoms with Crippen LogP contribution >= 0.6 is 0 Å². The van der Waals surface area contributed by atoms with Crippen LogP contribution < -0.4 is 10.1 Å². The molecule has 1 aromatic rings. The van der Waals surface area contributed by atoms with Crippen LogP contribution in [0.5, 0.6) is 5.75 Å². The molecule has 0 spiro atoms.